The number of rotatable bonds is 7. The van der Waals surface area contributed by atoms with Gasteiger partial charge < -0.3 is 5.32 Å². The molecule has 2 unspecified atom stereocenters. The number of thioether (sulfide) groups is 1. The van der Waals surface area contributed by atoms with Crippen LogP contribution in [0.3, 0.4) is 0 Å². The highest BCUT2D eigenvalue weighted by Crippen LogP contribution is 2.29. The lowest BCUT2D eigenvalue weighted by molar-refractivity contribution is 0.387. The monoisotopic (exact) mass is 229 g/mol. The van der Waals surface area contributed by atoms with Crippen LogP contribution < -0.4 is 5.32 Å². The predicted octanol–water partition coefficient (Wildman–Crippen LogP) is 3.83. The van der Waals surface area contributed by atoms with Crippen LogP contribution in [0.4, 0.5) is 0 Å². The highest BCUT2D eigenvalue weighted by atomic mass is 32.2. The van der Waals surface area contributed by atoms with E-state index in [1.54, 1.807) is 0 Å². The Morgan fingerprint density at radius 1 is 1.20 bits per heavy atom. The zero-order valence-electron chi connectivity index (χ0n) is 10.4. The molecule has 90 valence electrons. The molecule has 0 bridgehead atoms. The van der Waals surface area contributed by atoms with Crippen LogP contribution >= 0.6 is 11.8 Å². The Bertz CT molecular complexity index is 147. The third-order valence-corrected chi connectivity index (χ3v) is 4.64. The summed E-state index contributed by atoms with van der Waals surface area (Å²) in [4.78, 5) is 0. The van der Waals surface area contributed by atoms with Gasteiger partial charge in [-0.2, -0.15) is 11.8 Å². The zero-order valence-corrected chi connectivity index (χ0v) is 11.2. The maximum absolute atomic E-state index is 3.60. The van der Waals surface area contributed by atoms with Crippen molar-refractivity contribution < 1.29 is 0 Å². The minimum absolute atomic E-state index is 0.812. The summed E-state index contributed by atoms with van der Waals surface area (Å²) < 4.78 is 0. The van der Waals surface area contributed by atoms with Crippen molar-refractivity contribution in [2.24, 2.45) is 0 Å². The van der Waals surface area contributed by atoms with Gasteiger partial charge in [0.05, 0.1) is 0 Å². The molecule has 0 aromatic rings. The average molecular weight is 229 g/mol. The molecular weight excluding hydrogens is 202 g/mol. The quantitative estimate of drug-likeness (QED) is 0.666. The number of nitrogens with one attached hydrogen (secondary N) is 1. The molecule has 0 spiro atoms. The van der Waals surface area contributed by atoms with Gasteiger partial charge in [0, 0.05) is 11.3 Å². The molecule has 1 nitrogen and oxygen atoms in total. The molecule has 1 aliphatic carbocycles. The van der Waals surface area contributed by atoms with Gasteiger partial charge in [0.15, 0.2) is 0 Å². The molecule has 1 fully saturated rings. The standard InChI is InChI=1S/C13H27NS/c1-3-5-6-10-15-13-9-7-8-12(11-13)14-4-2/h12-14H,3-11H2,1-2H3. The largest absolute Gasteiger partial charge is 0.314 e. The summed E-state index contributed by atoms with van der Waals surface area (Å²) in [5.41, 5.74) is 0. The van der Waals surface area contributed by atoms with Crippen LogP contribution in [0.15, 0.2) is 0 Å². The van der Waals surface area contributed by atoms with Crippen molar-refractivity contribution in [3.8, 4) is 0 Å². The Morgan fingerprint density at radius 3 is 2.80 bits per heavy atom. The van der Waals surface area contributed by atoms with Crippen LogP contribution in [0.25, 0.3) is 0 Å². The minimum atomic E-state index is 0.812. The fourth-order valence-electron chi connectivity index (χ4n) is 2.37. The molecule has 15 heavy (non-hydrogen) atoms. The zero-order chi connectivity index (χ0) is 10.9. The van der Waals surface area contributed by atoms with Gasteiger partial charge >= 0.3 is 0 Å². The molecule has 0 radical (unpaired) electrons. The Morgan fingerprint density at radius 2 is 2.07 bits per heavy atom. The highest BCUT2D eigenvalue weighted by molar-refractivity contribution is 7.99. The Labute approximate surface area is 99.8 Å². The van der Waals surface area contributed by atoms with E-state index in [1.165, 1.54) is 50.7 Å². The Kier molecular flexibility index (Phi) is 7.54. The van der Waals surface area contributed by atoms with Crippen molar-refractivity contribution in [1.29, 1.82) is 0 Å². The summed E-state index contributed by atoms with van der Waals surface area (Å²) in [7, 11) is 0. The van der Waals surface area contributed by atoms with Crippen molar-refractivity contribution in [2.75, 3.05) is 12.3 Å². The molecule has 1 saturated carbocycles. The van der Waals surface area contributed by atoms with Gasteiger partial charge in [-0.3, -0.25) is 0 Å². The molecule has 1 aliphatic rings. The van der Waals surface area contributed by atoms with Gasteiger partial charge in [-0.1, -0.05) is 33.1 Å². The van der Waals surface area contributed by atoms with Gasteiger partial charge in [-0.25, -0.2) is 0 Å². The normalized spacial score (nSPS) is 26.8. The second-order valence-corrected chi connectivity index (χ2v) is 6.03. The Balaban J connectivity index is 2.07. The average Bonchev–Trinajstić information content (AvgIpc) is 2.26. The third-order valence-electron chi connectivity index (χ3n) is 3.22. The number of hydrogen-bond donors (Lipinski definition) is 1. The fourth-order valence-corrected chi connectivity index (χ4v) is 3.78. The van der Waals surface area contributed by atoms with E-state index >= 15 is 0 Å². The van der Waals surface area contributed by atoms with E-state index < -0.39 is 0 Å². The van der Waals surface area contributed by atoms with Crippen LogP contribution in [0.1, 0.15) is 58.8 Å². The fraction of sp³-hybridized carbons (Fsp3) is 1.00. The van der Waals surface area contributed by atoms with Crippen LogP contribution in [0.5, 0.6) is 0 Å². The second kappa shape index (κ2) is 8.46. The van der Waals surface area contributed by atoms with Crippen molar-refractivity contribution in [2.45, 2.75) is 70.1 Å². The lowest BCUT2D eigenvalue weighted by atomic mass is 9.95. The molecular formula is C13H27NS. The van der Waals surface area contributed by atoms with Crippen molar-refractivity contribution in [3.05, 3.63) is 0 Å². The van der Waals surface area contributed by atoms with Crippen molar-refractivity contribution >= 4 is 11.8 Å². The first-order chi connectivity index (χ1) is 7.36. The first kappa shape index (κ1) is 13.4. The molecule has 2 heteroatoms. The maximum Gasteiger partial charge on any atom is 0.00774 e. The molecule has 0 aliphatic heterocycles. The van der Waals surface area contributed by atoms with Gasteiger partial charge in [0.1, 0.15) is 0 Å². The molecule has 0 aromatic carbocycles. The molecule has 0 amide bonds. The highest BCUT2D eigenvalue weighted by Gasteiger charge is 2.20. The van der Waals surface area contributed by atoms with E-state index in [-0.39, 0.29) is 0 Å². The van der Waals surface area contributed by atoms with E-state index in [4.69, 9.17) is 0 Å². The summed E-state index contributed by atoms with van der Waals surface area (Å²) in [5.74, 6) is 1.39. The molecule has 1 N–H and O–H groups in total. The van der Waals surface area contributed by atoms with E-state index in [2.05, 4.69) is 30.9 Å². The predicted molar refractivity (Wildman–Crippen MR) is 71.7 cm³/mol. The molecule has 0 aromatic heterocycles. The van der Waals surface area contributed by atoms with Crippen LogP contribution in [-0.4, -0.2) is 23.6 Å². The number of hydrogen-bond acceptors (Lipinski definition) is 2. The van der Waals surface area contributed by atoms with Crippen molar-refractivity contribution in [3.63, 3.8) is 0 Å². The third kappa shape index (κ3) is 5.82. The first-order valence-electron chi connectivity index (χ1n) is 6.71. The molecule has 0 heterocycles. The van der Waals surface area contributed by atoms with E-state index in [0.29, 0.717) is 0 Å². The van der Waals surface area contributed by atoms with E-state index in [0.717, 1.165) is 17.8 Å². The summed E-state index contributed by atoms with van der Waals surface area (Å²) in [6.07, 6.45) is 9.89. The van der Waals surface area contributed by atoms with E-state index in [1.807, 2.05) is 0 Å². The summed E-state index contributed by atoms with van der Waals surface area (Å²) in [6, 6.07) is 0.812. The van der Waals surface area contributed by atoms with Gasteiger partial charge in [-0.15, -0.1) is 0 Å². The summed E-state index contributed by atoms with van der Waals surface area (Å²) in [5, 5.41) is 4.55. The van der Waals surface area contributed by atoms with Gasteiger partial charge in [0.2, 0.25) is 0 Å². The van der Waals surface area contributed by atoms with Crippen molar-refractivity contribution in [1.82, 2.24) is 5.32 Å². The second-order valence-electron chi connectivity index (χ2n) is 4.62. The van der Waals surface area contributed by atoms with Gasteiger partial charge in [0.25, 0.3) is 0 Å². The topological polar surface area (TPSA) is 12.0 Å². The lowest BCUT2D eigenvalue weighted by Crippen LogP contribution is -2.34. The summed E-state index contributed by atoms with van der Waals surface area (Å²) in [6.45, 7) is 5.64. The van der Waals surface area contributed by atoms with Crippen LogP contribution in [0, 0.1) is 0 Å². The summed E-state index contributed by atoms with van der Waals surface area (Å²) >= 11 is 2.23. The Hall–Kier alpha value is 0.310. The molecule has 0 saturated heterocycles. The smallest absolute Gasteiger partial charge is 0.00774 e. The lowest BCUT2D eigenvalue weighted by Gasteiger charge is -2.29. The minimum Gasteiger partial charge on any atom is -0.314 e. The van der Waals surface area contributed by atoms with Crippen LogP contribution in [-0.2, 0) is 0 Å². The van der Waals surface area contributed by atoms with E-state index in [9.17, 15) is 0 Å². The van der Waals surface area contributed by atoms with Gasteiger partial charge in [-0.05, 0) is 38.0 Å². The maximum atomic E-state index is 3.60. The van der Waals surface area contributed by atoms with Crippen LogP contribution in [0.2, 0.25) is 0 Å². The molecule has 1 rings (SSSR count). The molecule has 2 atom stereocenters. The number of unbranched alkanes of at least 4 members (excludes halogenated alkanes) is 2. The SMILES string of the molecule is CCCCCSC1CCCC(NCC)C1. The first-order valence-corrected chi connectivity index (χ1v) is 7.76.